The second kappa shape index (κ2) is 8.57. The summed E-state index contributed by atoms with van der Waals surface area (Å²) in [5.41, 5.74) is 1.79. The van der Waals surface area contributed by atoms with E-state index >= 15 is 0 Å². The second-order valence-corrected chi connectivity index (χ2v) is 10.4. The molecule has 1 N–H and O–H groups in total. The molecule has 0 amide bonds. The molecule has 2 aromatic carbocycles. The van der Waals surface area contributed by atoms with Crippen molar-refractivity contribution in [3.8, 4) is 0 Å². The van der Waals surface area contributed by atoms with E-state index in [0.717, 1.165) is 16.5 Å². The number of hydrogen-bond donors (Lipinski definition) is 1. The van der Waals surface area contributed by atoms with Crippen molar-refractivity contribution in [3.05, 3.63) is 71.1 Å². The first-order chi connectivity index (χ1) is 13.3. The van der Waals surface area contributed by atoms with Crippen LogP contribution in [0.3, 0.4) is 0 Å². The third-order valence-corrected chi connectivity index (χ3v) is 7.75. The highest BCUT2D eigenvalue weighted by molar-refractivity contribution is 7.92. The fourth-order valence-electron chi connectivity index (χ4n) is 3.08. The predicted molar refractivity (Wildman–Crippen MR) is 110 cm³/mol. The van der Waals surface area contributed by atoms with Crippen molar-refractivity contribution in [1.29, 1.82) is 0 Å². The molecule has 0 unspecified atom stereocenters. The standard InChI is InChI=1S/C20H24N2O4S2/c1-17-7-9-20(10-8-17)28(25,26)22-14-11-19(12-15-22)21-27(23,24)16-13-18-5-3-2-4-6-18/h2-10,13,16,19,21H,11-12,14-15H2,1H3/b16-13+. The number of nitrogens with one attached hydrogen (secondary N) is 1. The van der Waals surface area contributed by atoms with Crippen LogP contribution < -0.4 is 4.72 Å². The van der Waals surface area contributed by atoms with Gasteiger partial charge in [-0.25, -0.2) is 21.6 Å². The zero-order valence-electron chi connectivity index (χ0n) is 15.7. The van der Waals surface area contributed by atoms with Crippen LogP contribution in [0.15, 0.2) is 64.9 Å². The largest absolute Gasteiger partial charge is 0.243 e. The minimum atomic E-state index is -3.59. The van der Waals surface area contributed by atoms with Crippen molar-refractivity contribution in [3.63, 3.8) is 0 Å². The molecule has 28 heavy (non-hydrogen) atoms. The molecule has 6 nitrogen and oxygen atoms in total. The first-order valence-electron chi connectivity index (χ1n) is 9.08. The normalized spacial score (nSPS) is 17.2. The quantitative estimate of drug-likeness (QED) is 0.779. The lowest BCUT2D eigenvalue weighted by Gasteiger charge is -2.31. The monoisotopic (exact) mass is 420 g/mol. The highest BCUT2D eigenvalue weighted by atomic mass is 32.2. The number of rotatable bonds is 6. The van der Waals surface area contributed by atoms with Crippen LogP contribution >= 0.6 is 0 Å². The van der Waals surface area contributed by atoms with Crippen molar-refractivity contribution in [2.75, 3.05) is 13.1 Å². The van der Waals surface area contributed by atoms with Gasteiger partial charge in [-0.2, -0.15) is 4.31 Å². The molecule has 3 rings (SSSR count). The van der Waals surface area contributed by atoms with Gasteiger partial charge < -0.3 is 0 Å². The summed E-state index contributed by atoms with van der Waals surface area (Å²) in [7, 11) is -7.14. The Bertz CT molecular complexity index is 1020. The lowest BCUT2D eigenvalue weighted by Crippen LogP contribution is -2.46. The Morgan fingerprint density at radius 3 is 2.14 bits per heavy atom. The molecular weight excluding hydrogens is 396 g/mol. The molecule has 0 radical (unpaired) electrons. The summed E-state index contributed by atoms with van der Waals surface area (Å²) in [5.74, 6) is 0. The molecular formula is C20H24N2O4S2. The smallest absolute Gasteiger partial charge is 0.208 e. The van der Waals surface area contributed by atoms with E-state index in [2.05, 4.69) is 4.72 Å². The summed E-state index contributed by atoms with van der Waals surface area (Å²) < 4.78 is 54.1. The molecule has 1 fully saturated rings. The Morgan fingerprint density at radius 1 is 0.929 bits per heavy atom. The van der Waals surface area contributed by atoms with Crippen LogP contribution in [0.25, 0.3) is 6.08 Å². The van der Waals surface area contributed by atoms with E-state index in [9.17, 15) is 16.8 Å². The molecule has 8 heteroatoms. The summed E-state index contributed by atoms with van der Waals surface area (Å²) in [5, 5.41) is 1.15. The molecule has 0 atom stereocenters. The SMILES string of the molecule is Cc1ccc(S(=O)(=O)N2CCC(NS(=O)(=O)/C=C/c3ccccc3)CC2)cc1. The predicted octanol–water partition coefficient (Wildman–Crippen LogP) is 2.74. The van der Waals surface area contributed by atoms with E-state index in [1.165, 1.54) is 4.31 Å². The average Bonchev–Trinajstić information content (AvgIpc) is 2.68. The van der Waals surface area contributed by atoms with Crippen LogP contribution in [0.4, 0.5) is 0 Å². The number of nitrogens with zero attached hydrogens (tertiary/aromatic N) is 1. The minimum absolute atomic E-state index is 0.267. The highest BCUT2D eigenvalue weighted by Gasteiger charge is 2.30. The number of aryl methyl sites for hydroxylation is 1. The van der Waals surface area contributed by atoms with Gasteiger partial charge in [-0.1, -0.05) is 48.0 Å². The van der Waals surface area contributed by atoms with Gasteiger partial charge in [0.05, 0.1) is 4.90 Å². The van der Waals surface area contributed by atoms with Gasteiger partial charge in [0, 0.05) is 24.5 Å². The number of piperidine rings is 1. The maximum atomic E-state index is 12.7. The van der Waals surface area contributed by atoms with Crippen molar-refractivity contribution < 1.29 is 16.8 Å². The van der Waals surface area contributed by atoms with Gasteiger partial charge in [0.1, 0.15) is 0 Å². The lowest BCUT2D eigenvalue weighted by atomic mass is 10.1. The number of hydrogen-bond acceptors (Lipinski definition) is 4. The van der Waals surface area contributed by atoms with Crippen molar-refractivity contribution >= 4 is 26.1 Å². The molecule has 0 aliphatic carbocycles. The Labute approximate surface area is 167 Å². The first kappa shape index (κ1) is 20.7. The van der Waals surface area contributed by atoms with Crippen molar-refractivity contribution in [1.82, 2.24) is 9.03 Å². The van der Waals surface area contributed by atoms with Crippen LogP contribution in [-0.4, -0.2) is 40.3 Å². The molecule has 0 saturated carbocycles. The van der Waals surface area contributed by atoms with E-state index in [1.807, 2.05) is 37.3 Å². The van der Waals surface area contributed by atoms with Crippen LogP contribution in [0.1, 0.15) is 24.0 Å². The Hall–Kier alpha value is -2.00. The van der Waals surface area contributed by atoms with Crippen LogP contribution in [0.5, 0.6) is 0 Å². The molecule has 0 aromatic heterocycles. The van der Waals surface area contributed by atoms with Crippen LogP contribution in [0.2, 0.25) is 0 Å². The maximum absolute atomic E-state index is 12.7. The summed E-state index contributed by atoms with van der Waals surface area (Å²) in [6.07, 6.45) is 2.41. The molecule has 0 bridgehead atoms. The number of sulfonamides is 2. The maximum Gasteiger partial charge on any atom is 0.243 e. The second-order valence-electron chi connectivity index (χ2n) is 6.87. The molecule has 1 aliphatic rings. The third-order valence-electron chi connectivity index (χ3n) is 4.68. The van der Waals surface area contributed by atoms with E-state index < -0.39 is 20.0 Å². The third kappa shape index (κ3) is 5.29. The molecule has 2 aromatic rings. The lowest BCUT2D eigenvalue weighted by molar-refractivity contribution is 0.309. The van der Waals surface area contributed by atoms with Gasteiger partial charge in [-0.05, 0) is 43.5 Å². The fourth-order valence-corrected chi connectivity index (χ4v) is 5.66. The first-order valence-corrected chi connectivity index (χ1v) is 12.1. The van der Waals surface area contributed by atoms with E-state index in [4.69, 9.17) is 0 Å². The number of benzene rings is 2. The summed E-state index contributed by atoms with van der Waals surface area (Å²) in [6, 6.07) is 15.6. The zero-order chi connectivity index (χ0) is 20.2. The van der Waals surface area contributed by atoms with Gasteiger partial charge in [-0.15, -0.1) is 0 Å². The Morgan fingerprint density at radius 2 is 1.54 bits per heavy atom. The minimum Gasteiger partial charge on any atom is -0.208 e. The highest BCUT2D eigenvalue weighted by Crippen LogP contribution is 2.21. The summed E-state index contributed by atoms with van der Waals surface area (Å²) in [6.45, 7) is 2.47. The molecule has 0 spiro atoms. The van der Waals surface area contributed by atoms with Gasteiger partial charge in [-0.3, -0.25) is 0 Å². The fraction of sp³-hybridized carbons (Fsp3) is 0.300. The molecule has 1 saturated heterocycles. The average molecular weight is 421 g/mol. The van der Waals surface area contributed by atoms with Crippen LogP contribution in [0, 0.1) is 6.92 Å². The van der Waals surface area contributed by atoms with E-state index in [1.54, 1.807) is 30.3 Å². The molecule has 150 valence electrons. The van der Waals surface area contributed by atoms with Gasteiger partial charge in [0.25, 0.3) is 0 Å². The van der Waals surface area contributed by atoms with Crippen LogP contribution in [-0.2, 0) is 20.0 Å². The molecule has 1 heterocycles. The van der Waals surface area contributed by atoms with E-state index in [-0.39, 0.29) is 24.0 Å². The molecule has 1 aliphatic heterocycles. The Balaban J connectivity index is 1.59. The summed E-state index contributed by atoms with van der Waals surface area (Å²) >= 11 is 0. The zero-order valence-corrected chi connectivity index (χ0v) is 17.3. The van der Waals surface area contributed by atoms with E-state index in [0.29, 0.717) is 12.8 Å². The van der Waals surface area contributed by atoms with Gasteiger partial charge >= 0.3 is 0 Å². The van der Waals surface area contributed by atoms with Gasteiger partial charge in [0.15, 0.2) is 0 Å². The summed E-state index contributed by atoms with van der Waals surface area (Å²) in [4.78, 5) is 0.267. The Kier molecular flexibility index (Phi) is 6.34. The topological polar surface area (TPSA) is 83.6 Å². The van der Waals surface area contributed by atoms with Crippen molar-refractivity contribution in [2.24, 2.45) is 0 Å². The van der Waals surface area contributed by atoms with Crippen molar-refractivity contribution in [2.45, 2.75) is 30.7 Å². The van der Waals surface area contributed by atoms with Gasteiger partial charge in [0.2, 0.25) is 20.0 Å².